The van der Waals surface area contributed by atoms with Gasteiger partial charge in [0.2, 0.25) is 0 Å². The highest BCUT2D eigenvalue weighted by atomic mass is 35.5. The molecule has 33 heavy (non-hydrogen) atoms. The lowest BCUT2D eigenvalue weighted by Crippen LogP contribution is -2.35. The highest BCUT2D eigenvalue weighted by Crippen LogP contribution is 2.43. The zero-order chi connectivity index (χ0) is 23.3. The van der Waals surface area contributed by atoms with Crippen LogP contribution >= 0.6 is 12.4 Å². The number of hydrogen-bond donors (Lipinski definition) is 3. The normalized spacial score (nSPS) is 13.4. The summed E-state index contributed by atoms with van der Waals surface area (Å²) in [7, 11) is -2.37. The van der Waals surface area contributed by atoms with Gasteiger partial charge in [-0.2, -0.15) is 8.42 Å². The molecule has 0 atom stereocenters. The second-order valence-corrected chi connectivity index (χ2v) is 10.6. The molecule has 1 amide bonds. The Hall–Kier alpha value is -2.75. The third-order valence-corrected chi connectivity index (χ3v) is 5.72. The first-order valence-electron chi connectivity index (χ1n) is 10.2. The second-order valence-electron chi connectivity index (χ2n) is 8.99. The SMILES string of the molecule is COc1cc(-c2cc3cc(CNC(C)(C)C)ccc3[nH]2)c2c(c1OS(C)(=O)=O)CNC2=O.Cl. The van der Waals surface area contributed by atoms with Crippen molar-refractivity contribution in [1.29, 1.82) is 0 Å². The van der Waals surface area contributed by atoms with Crippen LogP contribution in [-0.2, 0) is 23.2 Å². The van der Waals surface area contributed by atoms with Gasteiger partial charge in [0, 0.05) is 46.4 Å². The molecule has 0 fully saturated rings. The predicted molar refractivity (Wildman–Crippen MR) is 131 cm³/mol. The van der Waals surface area contributed by atoms with Crippen LogP contribution < -0.4 is 19.6 Å². The van der Waals surface area contributed by atoms with Gasteiger partial charge in [-0.3, -0.25) is 4.79 Å². The summed E-state index contributed by atoms with van der Waals surface area (Å²) in [4.78, 5) is 16.0. The molecule has 1 aromatic heterocycles. The number of fused-ring (bicyclic) bond motifs is 2. The van der Waals surface area contributed by atoms with E-state index in [9.17, 15) is 13.2 Å². The third kappa shape index (κ3) is 5.26. The lowest BCUT2D eigenvalue weighted by Gasteiger charge is -2.20. The van der Waals surface area contributed by atoms with Gasteiger partial charge in [0.25, 0.3) is 5.91 Å². The summed E-state index contributed by atoms with van der Waals surface area (Å²) in [5.41, 5.74) is 4.29. The summed E-state index contributed by atoms with van der Waals surface area (Å²) >= 11 is 0. The highest BCUT2D eigenvalue weighted by molar-refractivity contribution is 7.86. The van der Waals surface area contributed by atoms with Crippen LogP contribution in [0.3, 0.4) is 0 Å². The Bertz CT molecular complexity index is 1330. The van der Waals surface area contributed by atoms with Crippen LogP contribution in [0.2, 0.25) is 0 Å². The summed E-state index contributed by atoms with van der Waals surface area (Å²) in [6, 6.07) is 9.79. The van der Waals surface area contributed by atoms with E-state index in [0.29, 0.717) is 16.7 Å². The van der Waals surface area contributed by atoms with E-state index in [2.05, 4.69) is 48.5 Å². The Morgan fingerprint density at radius 2 is 1.88 bits per heavy atom. The van der Waals surface area contributed by atoms with Gasteiger partial charge in [0.05, 0.1) is 18.9 Å². The first kappa shape index (κ1) is 24.9. The zero-order valence-electron chi connectivity index (χ0n) is 19.2. The van der Waals surface area contributed by atoms with Crippen LogP contribution in [-0.4, -0.2) is 38.2 Å². The van der Waals surface area contributed by atoms with Crippen molar-refractivity contribution >= 4 is 39.3 Å². The molecule has 0 aliphatic carbocycles. The lowest BCUT2D eigenvalue weighted by atomic mass is 9.98. The fourth-order valence-electron chi connectivity index (χ4n) is 3.79. The summed E-state index contributed by atoms with van der Waals surface area (Å²) in [6.07, 6.45) is 0.959. The fraction of sp³-hybridized carbons (Fsp3) is 0.348. The van der Waals surface area contributed by atoms with E-state index in [4.69, 9.17) is 8.92 Å². The van der Waals surface area contributed by atoms with E-state index in [1.165, 1.54) is 7.11 Å². The van der Waals surface area contributed by atoms with Gasteiger partial charge in [-0.25, -0.2) is 0 Å². The van der Waals surface area contributed by atoms with Gasteiger partial charge in [-0.1, -0.05) is 6.07 Å². The van der Waals surface area contributed by atoms with E-state index >= 15 is 0 Å². The minimum absolute atomic E-state index is 0. The molecule has 0 saturated carbocycles. The number of halogens is 1. The molecule has 0 unspecified atom stereocenters. The third-order valence-electron chi connectivity index (χ3n) is 5.25. The van der Waals surface area contributed by atoms with Gasteiger partial charge in [-0.15, -0.1) is 12.4 Å². The number of aromatic nitrogens is 1. The monoisotopic (exact) mass is 493 g/mol. The van der Waals surface area contributed by atoms with Gasteiger partial charge in [-0.05, 0) is 50.6 Å². The molecule has 178 valence electrons. The maximum absolute atomic E-state index is 12.6. The minimum atomic E-state index is -3.80. The van der Waals surface area contributed by atoms with Crippen molar-refractivity contribution in [2.24, 2.45) is 0 Å². The molecule has 4 rings (SSSR count). The molecule has 10 heteroatoms. The lowest BCUT2D eigenvalue weighted by molar-refractivity contribution is 0.0966. The summed E-state index contributed by atoms with van der Waals surface area (Å²) in [6.45, 7) is 7.26. The van der Waals surface area contributed by atoms with E-state index < -0.39 is 10.1 Å². The number of benzene rings is 2. The molecule has 3 N–H and O–H groups in total. The molecule has 0 bridgehead atoms. The van der Waals surface area contributed by atoms with Crippen molar-refractivity contribution in [3.05, 3.63) is 47.0 Å². The summed E-state index contributed by atoms with van der Waals surface area (Å²) < 4.78 is 34.1. The second kappa shape index (κ2) is 8.89. The van der Waals surface area contributed by atoms with Crippen molar-refractivity contribution < 1.29 is 22.1 Å². The summed E-state index contributed by atoms with van der Waals surface area (Å²) in [5.74, 6) is -0.00197. The molecule has 0 saturated heterocycles. The van der Waals surface area contributed by atoms with Gasteiger partial charge >= 0.3 is 10.1 Å². The molecule has 1 aliphatic heterocycles. The molecular weight excluding hydrogens is 466 g/mol. The smallest absolute Gasteiger partial charge is 0.306 e. The van der Waals surface area contributed by atoms with Crippen LogP contribution in [0.15, 0.2) is 30.3 Å². The maximum atomic E-state index is 12.6. The number of amides is 1. The molecule has 2 heterocycles. The van der Waals surface area contributed by atoms with E-state index in [-0.39, 0.29) is 41.9 Å². The molecular formula is C23H28ClN3O5S. The largest absolute Gasteiger partial charge is 0.493 e. The average molecular weight is 494 g/mol. The number of H-pyrrole nitrogens is 1. The van der Waals surface area contributed by atoms with E-state index in [0.717, 1.165) is 35.0 Å². The maximum Gasteiger partial charge on any atom is 0.306 e. The number of carbonyl (C=O) groups is 1. The number of hydrogen-bond acceptors (Lipinski definition) is 6. The first-order chi connectivity index (χ1) is 14.9. The van der Waals surface area contributed by atoms with E-state index in [1.54, 1.807) is 6.07 Å². The quantitative estimate of drug-likeness (QED) is 0.451. The Morgan fingerprint density at radius 1 is 1.15 bits per heavy atom. The molecule has 0 spiro atoms. The number of ether oxygens (including phenoxy) is 1. The van der Waals surface area contributed by atoms with Crippen LogP contribution in [0.5, 0.6) is 11.5 Å². The molecule has 8 nitrogen and oxygen atoms in total. The Balaban J connectivity index is 0.00000306. The standard InChI is InChI=1S/C23H27N3O5S.ClH/c1-23(2,3)25-11-13-6-7-17-14(8-13)9-18(26-17)15-10-19(30-4)21(31-32(5,28)29)16-12-24-22(27)20(15)16;/h6-10,25-26H,11-12H2,1-5H3,(H,24,27);1H. The van der Waals surface area contributed by atoms with Crippen LogP contribution in [0, 0.1) is 0 Å². The first-order valence-corrected chi connectivity index (χ1v) is 12.1. The fourth-order valence-corrected chi connectivity index (χ4v) is 4.28. The zero-order valence-corrected chi connectivity index (χ0v) is 20.8. The number of nitrogens with one attached hydrogen (secondary N) is 3. The number of rotatable bonds is 6. The van der Waals surface area contributed by atoms with Crippen LogP contribution in [0.1, 0.15) is 42.3 Å². The molecule has 0 radical (unpaired) electrons. The van der Waals surface area contributed by atoms with Crippen molar-refractivity contribution in [3.63, 3.8) is 0 Å². The minimum Gasteiger partial charge on any atom is -0.493 e. The highest BCUT2D eigenvalue weighted by Gasteiger charge is 2.31. The Morgan fingerprint density at radius 3 is 2.52 bits per heavy atom. The van der Waals surface area contributed by atoms with Gasteiger partial charge in [0.15, 0.2) is 11.5 Å². The number of aromatic amines is 1. The van der Waals surface area contributed by atoms with Crippen LogP contribution in [0.4, 0.5) is 0 Å². The topological polar surface area (TPSA) is 110 Å². The van der Waals surface area contributed by atoms with Crippen molar-refractivity contribution in [2.75, 3.05) is 13.4 Å². The van der Waals surface area contributed by atoms with Gasteiger partial charge < -0.3 is 24.5 Å². The Kier molecular flexibility index (Phi) is 6.70. The van der Waals surface area contributed by atoms with Gasteiger partial charge in [0.1, 0.15) is 0 Å². The predicted octanol–water partition coefficient (Wildman–Crippen LogP) is 3.74. The van der Waals surface area contributed by atoms with Crippen molar-refractivity contribution in [2.45, 2.75) is 39.4 Å². The summed E-state index contributed by atoms with van der Waals surface area (Å²) in [5, 5.41) is 7.24. The molecule has 1 aliphatic rings. The van der Waals surface area contributed by atoms with Crippen molar-refractivity contribution in [3.8, 4) is 22.8 Å². The molecule has 2 aromatic carbocycles. The molecule has 3 aromatic rings. The van der Waals surface area contributed by atoms with E-state index in [1.807, 2.05) is 12.1 Å². The van der Waals surface area contributed by atoms with Crippen LogP contribution in [0.25, 0.3) is 22.2 Å². The number of methoxy groups -OCH3 is 1. The van der Waals surface area contributed by atoms with Crippen molar-refractivity contribution in [1.82, 2.24) is 15.6 Å². The average Bonchev–Trinajstić information content (AvgIpc) is 3.28. The Labute approximate surface area is 199 Å². The number of carbonyl (C=O) groups excluding carboxylic acids is 1.